The molecule has 1 aromatic heterocycles. The number of benzene rings is 3. The molecule has 0 aliphatic rings. The molecule has 0 aliphatic carbocycles. The smallest absolute Gasteiger partial charge is 0.240 e. The van der Waals surface area contributed by atoms with Crippen molar-refractivity contribution in [3.05, 3.63) is 94.6 Å². The molecular formula is C26H26N2O2. The lowest BCUT2D eigenvalue weighted by Crippen LogP contribution is -2.33. The number of amides is 1. The van der Waals surface area contributed by atoms with Gasteiger partial charge >= 0.3 is 0 Å². The van der Waals surface area contributed by atoms with Crippen LogP contribution in [0.1, 0.15) is 31.9 Å². The zero-order valence-corrected chi connectivity index (χ0v) is 17.3. The molecule has 1 atom stereocenters. The number of aromatic nitrogens is 1. The Hall–Kier alpha value is -3.40. The fourth-order valence-corrected chi connectivity index (χ4v) is 4.07. The Labute approximate surface area is 176 Å². The summed E-state index contributed by atoms with van der Waals surface area (Å²) in [4.78, 5) is 26.0. The summed E-state index contributed by atoms with van der Waals surface area (Å²) in [5.74, 6) is 0.382. The van der Waals surface area contributed by atoms with Crippen LogP contribution in [0.5, 0.6) is 0 Å². The third kappa shape index (κ3) is 3.99. The van der Waals surface area contributed by atoms with Crippen LogP contribution < -0.4 is 10.7 Å². The molecule has 30 heavy (non-hydrogen) atoms. The van der Waals surface area contributed by atoms with E-state index >= 15 is 0 Å². The van der Waals surface area contributed by atoms with Crippen molar-refractivity contribution in [3.8, 4) is 0 Å². The highest BCUT2D eigenvalue weighted by molar-refractivity contribution is 5.94. The molecule has 0 saturated carbocycles. The van der Waals surface area contributed by atoms with Crippen molar-refractivity contribution in [2.24, 2.45) is 5.92 Å². The summed E-state index contributed by atoms with van der Waals surface area (Å²) in [6.07, 6.45) is 0.863. The second-order valence-electron chi connectivity index (χ2n) is 8.11. The van der Waals surface area contributed by atoms with E-state index in [-0.39, 0.29) is 23.9 Å². The van der Waals surface area contributed by atoms with Gasteiger partial charge in [0, 0.05) is 10.8 Å². The monoisotopic (exact) mass is 398 g/mol. The van der Waals surface area contributed by atoms with E-state index in [2.05, 4.69) is 31.3 Å². The highest BCUT2D eigenvalue weighted by Crippen LogP contribution is 2.22. The van der Waals surface area contributed by atoms with Crippen molar-refractivity contribution < 1.29 is 4.79 Å². The Balaban J connectivity index is 1.72. The second kappa shape index (κ2) is 8.54. The van der Waals surface area contributed by atoms with Gasteiger partial charge in [-0.2, -0.15) is 0 Å². The number of nitrogens with one attached hydrogen (secondary N) is 1. The summed E-state index contributed by atoms with van der Waals surface area (Å²) in [5.41, 5.74) is 2.65. The van der Waals surface area contributed by atoms with Crippen molar-refractivity contribution >= 4 is 27.7 Å². The lowest BCUT2D eigenvalue weighted by molar-refractivity contribution is -0.122. The van der Waals surface area contributed by atoms with Crippen molar-refractivity contribution in [2.45, 2.75) is 32.9 Å². The fraction of sp³-hybridized carbons (Fsp3) is 0.231. The zero-order chi connectivity index (χ0) is 21.1. The zero-order valence-electron chi connectivity index (χ0n) is 17.3. The number of hydrogen-bond donors (Lipinski definition) is 1. The number of para-hydroxylation sites is 2. The van der Waals surface area contributed by atoms with Crippen molar-refractivity contribution in [1.82, 2.24) is 9.88 Å². The SMILES string of the molecule is CC(C)C[C@H](NC(=O)Cn1c2ccccc2c(=O)c2ccccc21)c1ccccc1. The van der Waals surface area contributed by atoms with Gasteiger partial charge in [-0.3, -0.25) is 9.59 Å². The Kier molecular flexibility index (Phi) is 5.66. The number of carbonyl (C=O) groups is 1. The number of nitrogens with zero attached hydrogens (tertiary/aromatic N) is 1. The van der Waals surface area contributed by atoms with Crippen LogP contribution in [0.15, 0.2) is 83.7 Å². The molecule has 1 N–H and O–H groups in total. The number of fused-ring (bicyclic) bond motifs is 2. The van der Waals surface area contributed by atoms with Gasteiger partial charge in [0.2, 0.25) is 5.91 Å². The Bertz CT molecular complexity index is 1180. The Morgan fingerprint density at radius 2 is 1.37 bits per heavy atom. The van der Waals surface area contributed by atoms with E-state index in [0.717, 1.165) is 23.0 Å². The average Bonchev–Trinajstić information content (AvgIpc) is 2.76. The van der Waals surface area contributed by atoms with Crippen LogP contribution >= 0.6 is 0 Å². The molecule has 4 rings (SSSR count). The van der Waals surface area contributed by atoms with Crippen molar-refractivity contribution in [3.63, 3.8) is 0 Å². The predicted molar refractivity (Wildman–Crippen MR) is 122 cm³/mol. The van der Waals surface area contributed by atoms with Crippen molar-refractivity contribution in [2.75, 3.05) is 0 Å². The molecule has 0 bridgehead atoms. The lowest BCUT2D eigenvalue weighted by atomic mass is 9.97. The summed E-state index contributed by atoms with van der Waals surface area (Å²) in [6, 6.07) is 25.0. The van der Waals surface area contributed by atoms with Gasteiger partial charge in [-0.25, -0.2) is 0 Å². The molecule has 4 heteroatoms. The average molecular weight is 399 g/mol. The van der Waals surface area contributed by atoms with Crippen LogP contribution in [0, 0.1) is 5.92 Å². The molecule has 0 radical (unpaired) electrons. The molecule has 0 fully saturated rings. The van der Waals surface area contributed by atoms with Crippen LogP contribution in [0.3, 0.4) is 0 Å². The topological polar surface area (TPSA) is 51.1 Å². The summed E-state index contributed by atoms with van der Waals surface area (Å²) in [6.45, 7) is 4.47. The summed E-state index contributed by atoms with van der Waals surface area (Å²) < 4.78 is 1.94. The van der Waals surface area contributed by atoms with Gasteiger partial charge in [0.15, 0.2) is 5.43 Å². The molecule has 152 valence electrons. The van der Waals surface area contributed by atoms with Crippen LogP contribution in [-0.2, 0) is 11.3 Å². The molecular weight excluding hydrogens is 372 g/mol. The first-order chi connectivity index (χ1) is 14.5. The minimum absolute atomic E-state index is 0.000159. The minimum atomic E-state index is -0.0662. The first kappa shape index (κ1) is 19.9. The van der Waals surface area contributed by atoms with Gasteiger partial charge < -0.3 is 9.88 Å². The highest BCUT2D eigenvalue weighted by Gasteiger charge is 2.18. The number of carbonyl (C=O) groups excluding carboxylic acids is 1. The maximum Gasteiger partial charge on any atom is 0.240 e. The Morgan fingerprint density at radius 3 is 1.93 bits per heavy atom. The summed E-state index contributed by atoms with van der Waals surface area (Å²) in [7, 11) is 0. The van der Waals surface area contributed by atoms with E-state index in [9.17, 15) is 9.59 Å². The second-order valence-corrected chi connectivity index (χ2v) is 8.11. The number of rotatable bonds is 6. The Morgan fingerprint density at radius 1 is 0.833 bits per heavy atom. The third-order valence-corrected chi connectivity index (χ3v) is 5.42. The lowest BCUT2D eigenvalue weighted by Gasteiger charge is -2.22. The van der Waals surface area contributed by atoms with E-state index in [1.807, 2.05) is 71.3 Å². The third-order valence-electron chi connectivity index (χ3n) is 5.42. The highest BCUT2D eigenvalue weighted by atomic mass is 16.2. The van der Waals surface area contributed by atoms with E-state index in [1.165, 1.54) is 0 Å². The molecule has 4 aromatic rings. The summed E-state index contributed by atoms with van der Waals surface area (Å²) >= 11 is 0. The van der Waals surface area contributed by atoms with E-state index in [0.29, 0.717) is 16.7 Å². The molecule has 0 unspecified atom stereocenters. The molecule has 0 aliphatic heterocycles. The maximum absolute atomic E-state index is 13.1. The molecule has 3 aromatic carbocycles. The molecule has 0 saturated heterocycles. The fourth-order valence-electron chi connectivity index (χ4n) is 4.07. The van der Waals surface area contributed by atoms with Gasteiger partial charge in [-0.05, 0) is 42.2 Å². The molecule has 1 heterocycles. The summed E-state index contributed by atoms with van der Waals surface area (Å²) in [5, 5.41) is 4.48. The van der Waals surface area contributed by atoms with E-state index in [4.69, 9.17) is 0 Å². The number of hydrogen-bond acceptors (Lipinski definition) is 2. The molecule has 4 nitrogen and oxygen atoms in total. The van der Waals surface area contributed by atoms with Gasteiger partial charge in [0.05, 0.1) is 17.1 Å². The maximum atomic E-state index is 13.1. The van der Waals surface area contributed by atoms with Crippen LogP contribution in [0.2, 0.25) is 0 Å². The largest absolute Gasteiger partial charge is 0.348 e. The minimum Gasteiger partial charge on any atom is -0.348 e. The van der Waals surface area contributed by atoms with E-state index < -0.39 is 0 Å². The van der Waals surface area contributed by atoms with Crippen LogP contribution in [-0.4, -0.2) is 10.5 Å². The van der Waals surface area contributed by atoms with Gasteiger partial charge in [-0.1, -0.05) is 68.4 Å². The number of pyridine rings is 1. The van der Waals surface area contributed by atoms with Gasteiger partial charge in [0.1, 0.15) is 6.54 Å². The van der Waals surface area contributed by atoms with Gasteiger partial charge in [-0.15, -0.1) is 0 Å². The standard InChI is InChI=1S/C26H26N2O2/c1-18(2)16-22(19-10-4-3-5-11-19)27-25(29)17-28-23-14-8-6-12-20(23)26(30)21-13-7-9-15-24(21)28/h3-15,18,22H,16-17H2,1-2H3,(H,27,29)/t22-/m0/s1. The van der Waals surface area contributed by atoms with Crippen LogP contribution in [0.25, 0.3) is 21.8 Å². The first-order valence-electron chi connectivity index (χ1n) is 10.4. The molecule has 1 amide bonds. The van der Waals surface area contributed by atoms with E-state index in [1.54, 1.807) is 0 Å². The normalized spacial score (nSPS) is 12.4. The predicted octanol–water partition coefficient (Wildman–Crippen LogP) is 5.06. The molecule has 0 spiro atoms. The van der Waals surface area contributed by atoms with Crippen LogP contribution in [0.4, 0.5) is 0 Å². The quantitative estimate of drug-likeness (QED) is 0.462. The van der Waals surface area contributed by atoms with Crippen molar-refractivity contribution in [1.29, 1.82) is 0 Å². The first-order valence-corrected chi connectivity index (χ1v) is 10.4. The van der Waals surface area contributed by atoms with Gasteiger partial charge in [0.25, 0.3) is 0 Å².